The predicted octanol–water partition coefficient (Wildman–Crippen LogP) is 4.29. The molecule has 1 aliphatic carbocycles. The summed E-state index contributed by atoms with van der Waals surface area (Å²) in [5.74, 6) is -0.605. The molecule has 1 saturated carbocycles. The summed E-state index contributed by atoms with van der Waals surface area (Å²) in [6, 6.07) is 5.47. The highest BCUT2D eigenvalue weighted by Crippen LogP contribution is 2.36. The topological polar surface area (TPSA) is 111 Å². The molecule has 9 heteroatoms. The normalized spacial score (nSPS) is 20.9. The van der Waals surface area contributed by atoms with E-state index in [4.69, 9.17) is 10.5 Å². The number of primary amides is 1. The van der Waals surface area contributed by atoms with Gasteiger partial charge in [-0.15, -0.1) is 6.58 Å². The van der Waals surface area contributed by atoms with Gasteiger partial charge in [0.25, 0.3) is 5.91 Å². The van der Waals surface area contributed by atoms with E-state index in [9.17, 15) is 14.0 Å². The third-order valence-corrected chi connectivity index (χ3v) is 5.34. The van der Waals surface area contributed by atoms with Crippen molar-refractivity contribution in [3.63, 3.8) is 0 Å². The van der Waals surface area contributed by atoms with E-state index >= 15 is 0 Å². The second-order valence-corrected chi connectivity index (χ2v) is 8.99. The van der Waals surface area contributed by atoms with Crippen molar-refractivity contribution in [3.8, 4) is 0 Å². The molecule has 1 fully saturated rings. The van der Waals surface area contributed by atoms with Gasteiger partial charge < -0.3 is 21.1 Å². The molecule has 0 radical (unpaired) electrons. The van der Waals surface area contributed by atoms with Gasteiger partial charge in [-0.1, -0.05) is 6.08 Å². The first-order valence-corrected chi connectivity index (χ1v) is 10.6. The van der Waals surface area contributed by atoms with E-state index in [0.29, 0.717) is 12.1 Å². The van der Waals surface area contributed by atoms with E-state index < -0.39 is 17.6 Å². The van der Waals surface area contributed by atoms with Crippen LogP contribution in [0, 0.1) is 11.7 Å². The molecule has 3 rings (SSSR count). The Kier molecular flexibility index (Phi) is 6.86. The van der Waals surface area contributed by atoms with Gasteiger partial charge in [0.1, 0.15) is 17.0 Å². The zero-order chi connectivity index (χ0) is 23.5. The molecule has 2 aromatic rings. The summed E-state index contributed by atoms with van der Waals surface area (Å²) in [6.07, 6.45) is 5.16. The molecule has 3 atom stereocenters. The number of nitrogens with zero attached hydrogens (tertiary/aromatic N) is 2. The van der Waals surface area contributed by atoms with Gasteiger partial charge in [-0.3, -0.25) is 9.48 Å². The maximum absolute atomic E-state index is 13.2. The molecule has 8 nitrogen and oxygen atoms in total. The lowest BCUT2D eigenvalue weighted by Gasteiger charge is -2.35. The lowest BCUT2D eigenvalue weighted by atomic mass is 9.82. The number of anilines is 2. The molecule has 172 valence electrons. The van der Waals surface area contributed by atoms with Gasteiger partial charge in [0.05, 0.1) is 6.04 Å². The third-order valence-electron chi connectivity index (χ3n) is 5.34. The highest BCUT2D eigenvalue weighted by Gasteiger charge is 2.33. The molecule has 0 aliphatic heterocycles. The van der Waals surface area contributed by atoms with E-state index in [1.54, 1.807) is 23.0 Å². The number of carbonyl (C=O) groups is 2. The fourth-order valence-electron chi connectivity index (χ4n) is 3.86. The molecule has 1 unspecified atom stereocenters. The van der Waals surface area contributed by atoms with Crippen molar-refractivity contribution in [2.45, 2.75) is 57.7 Å². The van der Waals surface area contributed by atoms with Crippen LogP contribution >= 0.6 is 0 Å². The summed E-state index contributed by atoms with van der Waals surface area (Å²) in [5, 5.41) is 10.5. The second-order valence-electron chi connectivity index (χ2n) is 8.99. The van der Waals surface area contributed by atoms with E-state index in [1.807, 2.05) is 26.8 Å². The van der Waals surface area contributed by atoms with Crippen molar-refractivity contribution in [1.82, 2.24) is 15.1 Å². The Morgan fingerprint density at radius 1 is 1.28 bits per heavy atom. The number of nitrogens with one attached hydrogen (secondary N) is 2. The molecule has 1 heterocycles. The SMILES string of the molecule is C=C[C@@H]1CCC(NC(=O)OC(C)(C)C)C[C@@H]1n1cc(C(N)=O)c(Nc2ccc(F)cc2)n1. The molecular weight excluding hydrogens is 413 g/mol. The van der Waals surface area contributed by atoms with E-state index in [1.165, 1.54) is 12.1 Å². The summed E-state index contributed by atoms with van der Waals surface area (Å²) in [6.45, 7) is 9.38. The Morgan fingerprint density at radius 3 is 2.56 bits per heavy atom. The number of benzene rings is 1. The average Bonchev–Trinajstić information content (AvgIpc) is 3.12. The van der Waals surface area contributed by atoms with Gasteiger partial charge in [-0.05, 0) is 70.2 Å². The van der Waals surface area contributed by atoms with E-state index in [-0.39, 0.29) is 35.2 Å². The number of hydrogen-bond acceptors (Lipinski definition) is 5. The molecule has 0 saturated heterocycles. The minimum Gasteiger partial charge on any atom is -0.444 e. The number of alkyl carbamates (subject to hydrolysis) is 1. The van der Waals surface area contributed by atoms with Gasteiger partial charge in [-0.25, -0.2) is 9.18 Å². The number of allylic oxidation sites excluding steroid dienone is 1. The van der Waals surface area contributed by atoms with Crippen molar-refractivity contribution >= 4 is 23.5 Å². The number of ether oxygens (including phenoxy) is 1. The second kappa shape index (κ2) is 9.42. The monoisotopic (exact) mass is 443 g/mol. The quantitative estimate of drug-likeness (QED) is 0.577. The molecular formula is C23H30FN5O3. The summed E-state index contributed by atoms with van der Waals surface area (Å²) in [4.78, 5) is 24.3. The fraction of sp³-hybridized carbons (Fsp3) is 0.435. The van der Waals surface area contributed by atoms with E-state index in [2.05, 4.69) is 22.3 Å². The molecule has 1 aliphatic rings. The summed E-state index contributed by atoms with van der Waals surface area (Å²) >= 11 is 0. The molecule has 4 N–H and O–H groups in total. The largest absolute Gasteiger partial charge is 0.444 e. The highest BCUT2D eigenvalue weighted by molar-refractivity contribution is 5.98. The predicted molar refractivity (Wildman–Crippen MR) is 120 cm³/mol. The molecule has 1 aromatic heterocycles. The maximum Gasteiger partial charge on any atom is 0.407 e. The summed E-state index contributed by atoms with van der Waals surface area (Å²) < 4.78 is 20.3. The minimum absolute atomic E-state index is 0.103. The van der Waals surface area contributed by atoms with Crippen LogP contribution < -0.4 is 16.4 Å². The van der Waals surface area contributed by atoms with Crippen LogP contribution in [-0.2, 0) is 4.74 Å². The third kappa shape index (κ3) is 5.87. The molecule has 0 bridgehead atoms. The van der Waals surface area contributed by atoms with Gasteiger partial charge >= 0.3 is 6.09 Å². The van der Waals surface area contributed by atoms with Gasteiger partial charge in [0, 0.05) is 17.9 Å². The Hall–Kier alpha value is -3.36. The number of carbonyl (C=O) groups excluding carboxylic acids is 2. The van der Waals surface area contributed by atoms with Crippen LogP contribution in [-0.4, -0.2) is 33.4 Å². The standard InChI is InChI=1S/C23H30FN5O3/c1-5-14-6-9-17(27-22(31)32-23(2,3)4)12-19(14)29-13-18(20(25)30)21(28-29)26-16-10-7-15(24)8-11-16/h5,7-8,10-11,13-14,17,19H,1,6,9,12H2,2-4H3,(H2,25,30)(H,26,28)(H,27,31)/t14-,17?,19+/m1/s1. The summed E-state index contributed by atoms with van der Waals surface area (Å²) in [7, 11) is 0. The maximum atomic E-state index is 13.2. The van der Waals surface area contributed by atoms with Crippen molar-refractivity contribution < 1.29 is 18.7 Å². The summed E-state index contributed by atoms with van der Waals surface area (Å²) in [5.41, 5.74) is 5.78. The van der Waals surface area contributed by atoms with E-state index in [0.717, 1.165) is 12.8 Å². The van der Waals surface area contributed by atoms with Crippen LogP contribution in [0.15, 0.2) is 43.1 Å². The lowest BCUT2D eigenvalue weighted by Crippen LogP contribution is -2.43. The Balaban J connectivity index is 1.81. The van der Waals surface area contributed by atoms with Gasteiger partial charge in [0.15, 0.2) is 5.82 Å². The smallest absolute Gasteiger partial charge is 0.407 e. The Bertz CT molecular complexity index is 981. The molecule has 2 amide bonds. The Labute approximate surface area is 187 Å². The first-order valence-electron chi connectivity index (χ1n) is 10.6. The van der Waals surface area contributed by atoms with Crippen molar-refractivity contribution in [2.24, 2.45) is 11.7 Å². The van der Waals surface area contributed by atoms with Crippen LogP contribution in [0.2, 0.25) is 0 Å². The van der Waals surface area contributed by atoms with Gasteiger partial charge in [-0.2, -0.15) is 5.10 Å². The van der Waals surface area contributed by atoms with Gasteiger partial charge in [0.2, 0.25) is 0 Å². The lowest BCUT2D eigenvalue weighted by molar-refractivity contribution is 0.0477. The number of hydrogen-bond donors (Lipinski definition) is 3. The van der Waals surface area contributed by atoms with Crippen LogP contribution in [0.4, 0.5) is 20.7 Å². The van der Waals surface area contributed by atoms with Crippen LogP contribution in [0.5, 0.6) is 0 Å². The number of nitrogens with two attached hydrogens (primary N) is 1. The molecule has 0 spiro atoms. The Morgan fingerprint density at radius 2 is 1.97 bits per heavy atom. The number of amides is 2. The minimum atomic E-state index is -0.629. The van der Waals surface area contributed by atoms with Crippen molar-refractivity contribution in [2.75, 3.05) is 5.32 Å². The zero-order valence-corrected chi connectivity index (χ0v) is 18.6. The fourth-order valence-corrected chi connectivity index (χ4v) is 3.86. The first-order chi connectivity index (χ1) is 15.1. The number of aromatic nitrogens is 2. The number of rotatable bonds is 6. The van der Waals surface area contributed by atoms with Crippen LogP contribution in [0.25, 0.3) is 0 Å². The first kappa shape index (κ1) is 23.3. The van der Waals surface area contributed by atoms with Crippen molar-refractivity contribution in [3.05, 3.63) is 54.5 Å². The zero-order valence-electron chi connectivity index (χ0n) is 18.6. The molecule has 32 heavy (non-hydrogen) atoms. The van der Waals surface area contributed by atoms with Crippen LogP contribution in [0.1, 0.15) is 56.4 Å². The van der Waals surface area contributed by atoms with Crippen molar-refractivity contribution in [1.29, 1.82) is 0 Å². The van der Waals surface area contributed by atoms with Crippen LogP contribution in [0.3, 0.4) is 0 Å². The highest BCUT2D eigenvalue weighted by atomic mass is 19.1. The average molecular weight is 444 g/mol. The molecule has 1 aromatic carbocycles. The number of halogens is 1.